The molecule has 0 spiro atoms. The van der Waals surface area contributed by atoms with Crippen molar-refractivity contribution < 1.29 is 8.42 Å². The van der Waals surface area contributed by atoms with Crippen LogP contribution in [0.4, 0.5) is 0 Å². The number of hydrogen-bond acceptors (Lipinski definition) is 4. The summed E-state index contributed by atoms with van der Waals surface area (Å²) >= 11 is 8.52. The van der Waals surface area contributed by atoms with E-state index < -0.39 is 10.0 Å². The third-order valence-electron chi connectivity index (χ3n) is 2.63. The lowest BCUT2D eigenvalue weighted by Gasteiger charge is -2.15. The minimum absolute atomic E-state index is 0.380. The van der Waals surface area contributed by atoms with Gasteiger partial charge in [0.2, 0.25) is 0 Å². The summed E-state index contributed by atoms with van der Waals surface area (Å²) in [5.41, 5.74) is 1.01. The molecule has 2 aromatic rings. The first-order valence-electron chi connectivity index (χ1n) is 5.66. The molecule has 0 aliphatic heterocycles. The Hall–Kier alpha value is -0.400. The van der Waals surface area contributed by atoms with Gasteiger partial charge in [-0.25, -0.2) is 8.42 Å². The maximum Gasteiger partial charge on any atom is 0.252 e. The first-order chi connectivity index (χ1) is 9.04. The Bertz CT molecular complexity index is 619. The van der Waals surface area contributed by atoms with Gasteiger partial charge in [0.05, 0.1) is 0 Å². The fourth-order valence-electron chi connectivity index (χ4n) is 1.60. The second-order valence-corrected chi connectivity index (χ2v) is 8.65. The second-order valence-electron chi connectivity index (χ2n) is 4.05. The molecule has 0 aromatic carbocycles. The summed E-state index contributed by atoms with van der Waals surface area (Å²) < 4.78 is 26.5. The molecule has 0 aliphatic carbocycles. The maximum atomic E-state index is 12.4. The Morgan fingerprint density at radius 3 is 2.74 bits per heavy atom. The first-order valence-corrected chi connectivity index (χ1v) is 9.39. The topological polar surface area (TPSA) is 37.4 Å². The third-order valence-corrected chi connectivity index (χ3v) is 6.96. The van der Waals surface area contributed by atoms with Crippen molar-refractivity contribution in [1.29, 1.82) is 0 Å². The zero-order chi connectivity index (χ0) is 13.9. The third kappa shape index (κ3) is 3.58. The van der Waals surface area contributed by atoms with Crippen molar-refractivity contribution in [3.8, 4) is 0 Å². The van der Waals surface area contributed by atoms with Crippen molar-refractivity contribution in [3.05, 3.63) is 39.4 Å². The molecule has 0 radical (unpaired) electrons. The van der Waals surface area contributed by atoms with E-state index in [0.29, 0.717) is 23.1 Å². The summed E-state index contributed by atoms with van der Waals surface area (Å²) in [6, 6.07) is 5.42. The van der Waals surface area contributed by atoms with Crippen LogP contribution in [0.5, 0.6) is 0 Å². The van der Waals surface area contributed by atoms with E-state index in [-0.39, 0.29) is 0 Å². The van der Waals surface area contributed by atoms with Gasteiger partial charge in [-0.05, 0) is 40.9 Å². The summed E-state index contributed by atoms with van der Waals surface area (Å²) in [7, 11) is -1.79. The van der Waals surface area contributed by atoms with Gasteiger partial charge in [0.15, 0.2) is 0 Å². The average Bonchev–Trinajstić information content (AvgIpc) is 3.00. The SMILES string of the molecule is CN(Cc1ccsc1)S(=O)(=O)c1ccc(CCCl)s1. The normalized spacial score (nSPS) is 12.2. The zero-order valence-corrected chi connectivity index (χ0v) is 13.6. The number of hydrogen-bond donors (Lipinski definition) is 0. The zero-order valence-electron chi connectivity index (χ0n) is 10.4. The molecule has 0 saturated heterocycles. The molecule has 0 saturated carbocycles. The minimum atomic E-state index is -3.40. The molecule has 7 heteroatoms. The number of rotatable bonds is 6. The van der Waals surface area contributed by atoms with Crippen LogP contribution in [-0.2, 0) is 23.0 Å². The van der Waals surface area contributed by atoms with Crippen LogP contribution in [0.15, 0.2) is 33.2 Å². The summed E-state index contributed by atoms with van der Waals surface area (Å²) in [6.45, 7) is 0.397. The first kappa shape index (κ1) is 15.0. The highest BCUT2D eigenvalue weighted by Gasteiger charge is 2.22. The Labute approximate surface area is 126 Å². The molecule has 0 atom stereocenters. The molecule has 0 bridgehead atoms. The van der Waals surface area contributed by atoms with Gasteiger partial charge in [-0.2, -0.15) is 15.6 Å². The predicted octanol–water partition coefficient (Wildman–Crippen LogP) is 3.41. The maximum absolute atomic E-state index is 12.4. The molecule has 2 aromatic heterocycles. The molecule has 2 heterocycles. The molecule has 104 valence electrons. The molecular weight excluding hydrogens is 322 g/mol. The van der Waals surface area contributed by atoms with E-state index in [4.69, 9.17) is 11.6 Å². The Balaban J connectivity index is 2.16. The molecule has 0 amide bonds. The van der Waals surface area contributed by atoms with Crippen LogP contribution in [0.25, 0.3) is 0 Å². The highest BCUT2D eigenvalue weighted by Crippen LogP contribution is 2.26. The number of nitrogens with zero attached hydrogens (tertiary/aromatic N) is 1. The van der Waals surface area contributed by atoms with Crippen molar-refractivity contribution in [2.45, 2.75) is 17.2 Å². The number of halogens is 1. The van der Waals surface area contributed by atoms with E-state index in [1.807, 2.05) is 22.9 Å². The van der Waals surface area contributed by atoms with Crippen molar-refractivity contribution in [2.24, 2.45) is 0 Å². The number of aryl methyl sites for hydroxylation is 1. The van der Waals surface area contributed by atoms with E-state index in [2.05, 4.69) is 0 Å². The van der Waals surface area contributed by atoms with Crippen molar-refractivity contribution in [3.63, 3.8) is 0 Å². The number of sulfonamides is 1. The van der Waals surface area contributed by atoms with E-state index in [1.165, 1.54) is 15.6 Å². The molecule has 0 fully saturated rings. The average molecular weight is 336 g/mol. The lowest BCUT2D eigenvalue weighted by molar-refractivity contribution is 0.469. The van der Waals surface area contributed by atoms with Crippen LogP contribution in [0, 0.1) is 0 Å². The highest BCUT2D eigenvalue weighted by molar-refractivity contribution is 7.91. The van der Waals surface area contributed by atoms with Crippen LogP contribution in [0.1, 0.15) is 10.4 Å². The molecular formula is C12H14ClNO2S3. The van der Waals surface area contributed by atoms with Crippen LogP contribution in [0.3, 0.4) is 0 Å². The van der Waals surface area contributed by atoms with Gasteiger partial charge in [0.25, 0.3) is 10.0 Å². The van der Waals surface area contributed by atoms with Crippen LogP contribution in [0.2, 0.25) is 0 Å². The van der Waals surface area contributed by atoms with Crippen molar-refractivity contribution in [2.75, 3.05) is 12.9 Å². The van der Waals surface area contributed by atoms with E-state index >= 15 is 0 Å². The van der Waals surface area contributed by atoms with Gasteiger partial charge >= 0.3 is 0 Å². The quantitative estimate of drug-likeness (QED) is 0.759. The highest BCUT2D eigenvalue weighted by atomic mass is 35.5. The van der Waals surface area contributed by atoms with Crippen LogP contribution < -0.4 is 0 Å². The summed E-state index contributed by atoms with van der Waals surface area (Å²) in [5.74, 6) is 0.505. The monoisotopic (exact) mass is 335 g/mol. The fraction of sp³-hybridized carbons (Fsp3) is 0.333. The lowest BCUT2D eigenvalue weighted by Crippen LogP contribution is -2.25. The van der Waals surface area contributed by atoms with Crippen LogP contribution >= 0.6 is 34.3 Å². The summed E-state index contributed by atoms with van der Waals surface area (Å²) in [6.07, 6.45) is 0.704. The molecule has 0 aliphatic rings. The van der Waals surface area contributed by atoms with E-state index in [0.717, 1.165) is 10.4 Å². The van der Waals surface area contributed by atoms with E-state index in [9.17, 15) is 8.42 Å². The van der Waals surface area contributed by atoms with E-state index in [1.54, 1.807) is 24.5 Å². The van der Waals surface area contributed by atoms with Gasteiger partial charge in [-0.3, -0.25) is 0 Å². The number of thiophene rings is 2. The summed E-state index contributed by atoms with van der Waals surface area (Å²) in [4.78, 5) is 0.998. The summed E-state index contributed by atoms with van der Waals surface area (Å²) in [5, 5.41) is 3.90. The second kappa shape index (κ2) is 6.37. The Morgan fingerprint density at radius 1 is 1.32 bits per heavy atom. The molecule has 3 nitrogen and oxygen atoms in total. The number of alkyl halides is 1. The molecule has 0 unspecified atom stereocenters. The largest absolute Gasteiger partial charge is 0.252 e. The Kier molecular flexibility index (Phi) is 5.03. The standard InChI is InChI=1S/C12H14ClNO2S3/c1-14(8-10-5-7-17-9-10)19(15,16)12-3-2-11(18-12)4-6-13/h2-3,5,7,9H,4,6,8H2,1H3. The minimum Gasteiger partial charge on any atom is -0.206 e. The molecule has 19 heavy (non-hydrogen) atoms. The Morgan fingerprint density at radius 2 is 2.11 bits per heavy atom. The fourth-order valence-corrected chi connectivity index (χ4v) is 5.30. The van der Waals surface area contributed by atoms with Crippen molar-refractivity contribution >= 4 is 44.3 Å². The van der Waals surface area contributed by atoms with Gasteiger partial charge in [-0.1, -0.05) is 0 Å². The van der Waals surface area contributed by atoms with Gasteiger partial charge in [0.1, 0.15) is 4.21 Å². The predicted molar refractivity (Wildman–Crippen MR) is 81.7 cm³/mol. The molecule has 2 rings (SSSR count). The molecule has 0 N–H and O–H groups in total. The van der Waals surface area contributed by atoms with Gasteiger partial charge < -0.3 is 0 Å². The van der Waals surface area contributed by atoms with Gasteiger partial charge in [0, 0.05) is 24.3 Å². The smallest absolute Gasteiger partial charge is 0.206 e. The van der Waals surface area contributed by atoms with Crippen molar-refractivity contribution in [1.82, 2.24) is 4.31 Å². The van der Waals surface area contributed by atoms with Crippen LogP contribution in [-0.4, -0.2) is 25.7 Å². The van der Waals surface area contributed by atoms with Gasteiger partial charge in [-0.15, -0.1) is 22.9 Å². The lowest BCUT2D eigenvalue weighted by atomic mass is 10.3.